The summed E-state index contributed by atoms with van der Waals surface area (Å²) in [5.41, 5.74) is 0.364. The molecule has 0 unspecified atom stereocenters. The molecule has 0 spiro atoms. The Morgan fingerprint density at radius 2 is 1.73 bits per heavy atom. The van der Waals surface area contributed by atoms with E-state index in [2.05, 4.69) is 12.2 Å². The highest BCUT2D eigenvalue weighted by Gasteiger charge is 2.35. The van der Waals surface area contributed by atoms with Crippen LogP contribution in [0.1, 0.15) is 39.5 Å². The number of likely N-dealkylation sites (tertiary alicyclic amines) is 1. The summed E-state index contributed by atoms with van der Waals surface area (Å²) in [4.78, 5) is 26.7. The third-order valence-corrected chi connectivity index (χ3v) is 8.31. The second-order valence-corrected chi connectivity index (χ2v) is 10.5. The van der Waals surface area contributed by atoms with Crippen LogP contribution < -0.4 is 10.1 Å². The molecule has 3 heterocycles. The maximum Gasteiger partial charge on any atom is 0.265 e. The van der Waals surface area contributed by atoms with E-state index in [0.717, 1.165) is 25.9 Å². The van der Waals surface area contributed by atoms with Crippen LogP contribution in [0.5, 0.6) is 5.75 Å². The van der Waals surface area contributed by atoms with E-state index < -0.39 is 16.1 Å². The number of amides is 2. The van der Waals surface area contributed by atoms with Gasteiger partial charge in [0.1, 0.15) is 5.75 Å². The number of benzene rings is 1. The van der Waals surface area contributed by atoms with E-state index in [1.54, 1.807) is 13.0 Å². The topological polar surface area (TPSA) is 96.0 Å². The van der Waals surface area contributed by atoms with Crippen molar-refractivity contribution in [3.8, 4) is 5.75 Å². The number of carbonyl (C=O) groups is 2. The van der Waals surface area contributed by atoms with Gasteiger partial charge in [-0.25, -0.2) is 8.42 Å². The molecule has 30 heavy (non-hydrogen) atoms. The van der Waals surface area contributed by atoms with Crippen molar-refractivity contribution in [2.24, 2.45) is 11.8 Å². The van der Waals surface area contributed by atoms with Crippen molar-refractivity contribution >= 4 is 27.5 Å². The monoisotopic (exact) mass is 435 g/mol. The number of carbonyl (C=O) groups excluding carboxylic acids is 2. The summed E-state index contributed by atoms with van der Waals surface area (Å²) in [6.45, 7) is 6.10. The van der Waals surface area contributed by atoms with E-state index in [1.807, 2.05) is 4.90 Å². The zero-order valence-corrected chi connectivity index (χ0v) is 18.3. The molecule has 1 aromatic carbocycles. The number of piperidine rings is 2. The summed E-state index contributed by atoms with van der Waals surface area (Å²) in [6, 6.07) is 4.52. The van der Waals surface area contributed by atoms with Gasteiger partial charge in [-0.1, -0.05) is 6.92 Å². The fourth-order valence-electron chi connectivity index (χ4n) is 4.33. The molecule has 0 aromatic heterocycles. The van der Waals surface area contributed by atoms with Crippen molar-refractivity contribution in [2.75, 3.05) is 31.5 Å². The van der Waals surface area contributed by atoms with Gasteiger partial charge in [0.25, 0.3) is 5.91 Å². The van der Waals surface area contributed by atoms with Gasteiger partial charge in [0.2, 0.25) is 15.9 Å². The highest BCUT2D eigenvalue weighted by molar-refractivity contribution is 7.89. The molecule has 0 radical (unpaired) electrons. The second kappa shape index (κ2) is 8.19. The minimum absolute atomic E-state index is 0.109. The Bertz CT molecular complexity index is 932. The van der Waals surface area contributed by atoms with Crippen molar-refractivity contribution in [3.63, 3.8) is 0 Å². The number of nitrogens with one attached hydrogen (secondary N) is 1. The van der Waals surface area contributed by atoms with Crippen LogP contribution in [0.4, 0.5) is 5.69 Å². The Morgan fingerprint density at radius 3 is 2.40 bits per heavy atom. The lowest BCUT2D eigenvalue weighted by atomic mass is 9.93. The Morgan fingerprint density at radius 1 is 1.07 bits per heavy atom. The number of sulfonamides is 1. The Kier molecular flexibility index (Phi) is 5.76. The summed E-state index contributed by atoms with van der Waals surface area (Å²) in [6.07, 6.45) is 2.53. The molecule has 4 rings (SSSR count). The van der Waals surface area contributed by atoms with Crippen LogP contribution in [0.2, 0.25) is 0 Å². The molecule has 9 heteroatoms. The molecular formula is C21H29N3O5S. The number of anilines is 1. The van der Waals surface area contributed by atoms with E-state index >= 15 is 0 Å². The first kappa shape index (κ1) is 21.1. The molecule has 2 amide bonds. The SMILES string of the molecule is CC1CCN(C(=O)C2CCN(S(=O)(=O)c3ccc4c(c3)NC(=O)[C@@H](C)O4)CC2)CC1. The molecule has 1 aromatic rings. The van der Waals surface area contributed by atoms with Gasteiger partial charge < -0.3 is 15.0 Å². The van der Waals surface area contributed by atoms with Gasteiger partial charge in [-0.05, 0) is 56.7 Å². The fraction of sp³-hybridized carbons (Fsp3) is 0.619. The second-order valence-electron chi connectivity index (χ2n) is 8.59. The largest absolute Gasteiger partial charge is 0.479 e. The normalized spacial score (nSPS) is 24.1. The van der Waals surface area contributed by atoms with E-state index in [9.17, 15) is 18.0 Å². The van der Waals surface area contributed by atoms with Crippen LogP contribution in [0.15, 0.2) is 23.1 Å². The van der Waals surface area contributed by atoms with E-state index in [1.165, 1.54) is 16.4 Å². The first-order valence-electron chi connectivity index (χ1n) is 10.7. The fourth-order valence-corrected chi connectivity index (χ4v) is 5.82. The Balaban J connectivity index is 1.41. The molecule has 0 saturated carbocycles. The molecule has 3 aliphatic heterocycles. The summed E-state index contributed by atoms with van der Waals surface area (Å²) in [5.74, 6) is 0.880. The first-order valence-corrected chi connectivity index (χ1v) is 12.1. The highest BCUT2D eigenvalue weighted by atomic mass is 32.2. The minimum Gasteiger partial charge on any atom is -0.479 e. The van der Waals surface area contributed by atoms with Crippen molar-refractivity contribution in [1.29, 1.82) is 0 Å². The Hall–Kier alpha value is -2.13. The number of ether oxygens (including phenoxy) is 1. The molecule has 2 fully saturated rings. The predicted molar refractivity (Wildman–Crippen MR) is 112 cm³/mol. The van der Waals surface area contributed by atoms with Crippen molar-refractivity contribution < 1.29 is 22.7 Å². The molecular weight excluding hydrogens is 406 g/mol. The molecule has 0 aliphatic carbocycles. The van der Waals surface area contributed by atoms with Crippen molar-refractivity contribution in [2.45, 2.75) is 50.5 Å². The van der Waals surface area contributed by atoms with Gasteiger partial charge in [0.05, 0.1) is 10.6 Å². The molecule has 1 N–H and O–H groups in total. The quantitative estimate of drug-likeness (QED) is 0.784. The highest BCUT2D eigenvalue weighted by Crippen LogP contribution is 2.34. The lowest BCUT2D eigenvalue weighted by Crippen LogP contribution is -2.46. The van der Waals surface area contributed by atoms with Crippen LogP contribution in [0, 0.1) is 11.8 Å². The minimum atomic E-state index is -3.71. The standard InChI is InChI=1S/C21H29N3O5S/c1-14-5-9-23(10-6-14)21(26)16-7-11-24(12-8-16)30(27,28)17-3-4-19-18(13-17)22-20(25)15(2)29-19/h3-4,13-16H,5-12H2,1-2H3,(H,22,25)/t15-/m1/s1. The zero-order valence-electron chi connectivity index (χ0n) is 17.5. The van der Waals surface area contributed by atoms with Gasteiger partial charge >= 0.3 is 0 Å². The lowest BCUT2D eigenvalue weighted by molar-refractivity contribution is -0.138. The van der Waals surface area contributed by atoms with E-state index in [-0.39, 0.29) is 22.6 Å². The van der Waals surface area contributed by atoms with Crippen LogP contribution in [-0.2, 0) is 19.6 Å². The first-order chi connectivity index (χ1) is 14.3. The van der Waals surface area contributed by atoms with Crippen LogP contribution in [0.3, 0.4) is 0 Å². The van der Waals surface area contributed by atoms with Crippen LogP contribution >= 0.6 is 0 Å². The third kappa shape index (κ3) is 4.05. The maximum absolute atomic E-state index is 13.1. The number of rotatable bonds is 3. The van der Waals surface area contributed by atoms with Gasteiger partial charge in [0, 0.05) is 32.1 Å². The maximum atomic E-state index is 13.1. The lowest BCUT2D eigenvalue weighted by Gasteiger charge is -2.36. The van der Waals surface area contributed by atoms with Gasteiger partial charge in [-0.2, -0.15) is 4.31 Å². The molecule has 2 saturated heterocycles. The molecule has 1 atom stereocenters. The zero-order chi connectivity index (χ0) is 21.5. The van der Waals surface area contributed by atoms with E-state index in [0.29, 0.717) is 43.3 Å². The van der Waals surface area contributed by atoms with Crippen LogP contribution in [-0.4, -0.2) is 61.7 Å². The summed E-state index contributed by atoms with van der Waals surface area (Å²) >= 11 is 0. The number of nitrogens with zero attached hydrogens (tertiary/aromatic N) is 2. The van der Waals surface area contributed by atoms with Crippen molar-refractivity contribution in [1.82, 2.24) is 9.21 Å². The molecule has 8 nitrogen and oxygen atoms in total. The van der Waals surface area contributed by atoms with Gasteiger partial charge in [0.15, 0.2) is 6.10 Å². The third-order valence-electron chi connectivity index (χ3n) is 6.42. The molecule has 0 bridgehead atoms. The van der Waals surface area contributed by atoms with Gasteiger partial charge in [-0.15, -0.1) is 0 Å². The smallest absolute Gasteiger partial charge is 0.265 e. The average molecular weight is 436 g/mol. The molecule has 3 aliphatic rings. The average Bonchev–Trinajstić information content (AvgIpc) is 2.74. The summed E-state index contributed by atoms with van der Waals surface area (Å²) in [7, 11) is -3.71. The summed E-state index contributed by atoms with van der Waals surface area (Å²) in [5, 5.41) is 2.69. The number of fused-ring (bicyclic) bond motifs is 1. The molecule has 164 valence electrons. The van der Waals surface area contributed by atoms with Crippen LogP contribution in [0.25, 0.3) is 0 Å². The Labute approximate surface area is 177 Å². The van der Waals surface area contributed by atoms with Crippen molar-refractivity contribution in [3.05, 3.63) is 18.2 Å². The summed E-state index contributed by atoms with van der Waals surface area (Å²) < 4.78 is 33.2. The van der Waals surface area contributed by atoms with Gasteiger partial charge in [-0.3, -0.25) is 9.59 Å². The predicted octanol–water partition coefficient (Wildman–Crippen LogP) is 2.07. The number of hydrogen-bond donors (Lipinski definition) is 1. The van der Waals surface area contributed by atoms with E-state index in [4.69, 9.17) is 4.74 Å². The number of hydrogen-bond acceptors (Lipinski definition) is 5.